The SMILES string of the molecule is CNCC#CC=O. The summed E-state index contributed by atoms with van der Waals surface area (Å²) >= 11 is 0. The highest BCUT2D eigenvalue weighted by atomic mass is 16.1. The zero-order valence-electron chi connectivity index (χ0n) is 4.19. The second-order valence-corrected chi connectivity index (χ2v) is 0.969. The van der Waals surface area contributed by atoms with Crippen molar-refractivity contribution in [2.75, 3.05) is 13.6 Å². The van der Waals surface area contributed by atoms with Gasteiger partial charge in [0.05, 0.1) is 6.54 Å². The van der Waals surface area contributed by atoms with Crippen molar-refractivity contribution in [2.24, 2.45) is 0 Å². The van der Waals surface area contributed by atoms with Crippen LogP contribution in [-0.2, 0) is 4.79 Å². The lowest BCUT2D eigenvalue weighted by molar-refractivity contribution is -0.103. The van der Waals surface area contributed by atoms with Crippen LogP contribution in [0, 0.1) is 11.8 Å². The fraction of sp³-hybridized carbons (Fsp3) is 0.400. The Bertz CT molecular complexity index is 98.4. The number of hydrogen-bond donors (Lipinski definition) is 1. The molecule has 0 spiro atoms. The maximum Gasteiger partial charge on any atom is 0.192 e. The molecule has 7 heavy (non-hydrogen) atoms. The monoisotopic (exact) mass is 97.1 g/mol. The molecule has 0 aliphatic carbocycles. The zero-order valence-corrected chi connectivity index (χ0v) is 4.19. The second-order valence-electron chi connectivity index (χ2n) is 0.969. The van der Waals surface area contributed by atoms with Gasteiger partial charge < -0.3 is 5.32 Å². The van der Waals surface area contributed by atoms with E-state index in [4.69, 9.17) is 0 Å². The molecule has 1 N–H and O–H groups in total. The van der Waals surface area contributed by atoms with E-state index in [1.54, 1.807) is 7.05 Å². The van der Waals surface area contributed by atoms with Crippen molar-refractivity contribution in [1.82, 2.24) is 5.32 Å². The quantitative estimate of drug-likeness (QED) is 0.350. The van der Waals surface area contributed by atoms with Gasteiger partial charge in [0.1, 0.15) is 0 Å². The average molecular weight is 97.1 g/mol. The van der Waals surface area contributed by atoms with Crippen LogP contribution in [0.1, 0.15) is 0 Å². The van der Waals surface area contributed by atoms with Crippen LogP contribution in [0.3, 0.4) is 0 Å². The standard InChI is InChI=1S/C5H7NO/c1-6-4-2-3-5-7/h5-6H,4H2,1H3. The summed E-state index contributed by atoms with van der Waals surface area (Å²) in [4.78, 5) is 9.48. The van der Waals surface area contributed by atoms with Crippen LogP contribution in [0.5, 0.6) is 0 Å². The van der Waals surface area contributed by atoms with E-state index in [1.165, 1.54) is 0 Å². The molecule has 0 aromatic carbocycles. The smallest absolute Gasteiger partial charge is 0.192 e. The predicted molar refractivity (Wildman–Crippen MR) is 27.8 cm³/mol. The first-order valence-corrected chi connectivity index (χ1v) is 1.98. The van der Waals surface area contributed by atoms with Gasteiger partial charge in [-0.3, -0.25) is 4.79 Å². The molecule has 0 aliphatic rings. The molecule has 2 nitrogen and oxygen atoms in total. The second kappa shape index (κ2) is 5.19. The molecule has 0 bridgehead atoms. The molecule has 0 fully saturated rings. The van der Waals surface area contributed by atoms with Gasteiger partial charge in [-0.15, -0.1) is 0 Å². The van der Waals surface area contributed by atoms with E-state index in [9.17, 15) is 4.79 Å². The number of rotatable bonds is 1. The minimum atomic E-state index is 0.581. The van der Waals surface area contributed by atoms with Crippen molar-refractivity contribution in [2.45, 2.75) is 0 Å². The van der Waals surface area contributed by atoms with Crippen molar-refractivity contribution in [1.29, 1.82) is 0 Å². The van der Waals surface area contributed by atoms with Crippen LogP contribution in [0.25, 0.3) is 0 Å². The molecule has 0 unspecified atom stereocenters. The first kappa shape index (κ1) is 6.19. The lowest BCUT2D eigenvalue weighted by Crippen LogP contribution is -2.04. The third-order valence-electron chi connectivity index (χ3n) is 0.426. The molecule has 0 aromatic rings. The minimum absolute atomic E-state index is 0.581. The van der Waals surface area contributed by atoms with E-state index in [2.05, 4.69) is 17.2 Å². The lowest BCUT2D eigenvalue weighted by Gasteiger charge is -1.77. The van der Waals surface area contributed by atoms with E-state index in [0.717, 1.165) is 0 Å². The van der Waals surface area contributed by atoms with Gasteiger partial charge in [0.2, 0.25) is 0 Å². The normalized spacial score (nSPS) is 6.43. The van der Waals surface area contributed by atoms with Crippen molar-refractivity contribution < 1.29 is 4.79 Å². The molecule has 0 heterocycles. The molecule has 0 aromatic heterocycles. The van der Waals surface area contributed by atoms with Gasteiger partial charge in [-0.2, -0.15) is 0 Å². The summed E-state index contributed by atoms with van der Waals surface area (Å²) < 4.78 is 0. The Labute approximate surface area is 42.9 Å². The summed E-state index contributed by atoms with van der Waals surface area (Å²) in [5, 5.41) is 2.77. The third-order valence-corrected chi connectivity index (χ3v) is 0.426. The third kappa shape index (κ3) is 5.19. The van der Waals surface area contributed by atoms with Crippen molar-refractivity contribution in [3.05, 3.63) is 0 Å². The van der Waals surface area contributed by atoms with Crippen molar-refractivity contribution in [3.63, 3.8) is 0 Å². The van der Waals surface area contributed by atoms with Gasteiger partial charge in [-0.05, 0) is 13.0 Å². The maximum absolute atomic E-state index is 9.48. The minimum Gasteiger partial charge on any atom is -0.309 e. The number of nitrogens with one attached hydrogen (secondary N) is 1. The Balaban J connectivity index is 3.07. The highest BCUT2D eigenvalue weighted by Gasteiger charge is 1.62. The molecule has 38 valence electrons. The molecule has 0 atom stereocenters. The van der Waals surface area contributed by atoms with Gasteiger partial charge in [0, 0.05) is 0 Å². The van der Waals surface area contributed by atoms with Gasteiger partial charge in [0.15, 0.2) is 6.29 Å². The lowest BCUT2D eigenvalue weighted by atomic mass is 10.6. The molecule has 0 saturated heterocycles. The summed E-state index contributed by atoms with van der Waals surface area (Å²) in [6, 6.07) is 0. The summed E-state index contributed by atoms with van der Waals surface area (Å²) in [7, 11) is 1.78. The van der Waals surface area contributed by atoms with Gasteiger partial charge in [0.25, 0.3) is 0 Å². The molecular weight excluding hydrogens is 90.1 g/mol. The van der Waals surface area contributed by atoms with Gasteiger partial charge >= 0.3 is 0 Å². The number of carbonyl (C=O) groups excluding carboxylic acids is 1. The van der Waals surface area contributed by atoms with Crippen LogP contribution in [0.4, 0.5) is 0 Å². The number of hydrogen-bond acceptors (Lipinski definition) is 2. The van der Waals surface area contributed by atoms with E-state index < -0.39 is 0 Å². The first-order valence-electron chi connectivity index (χ1n) is 1.98. The Hall–Kier alpha value is -0.810. The molecule has 0 saturated carbocycles. The van der Waals surface area contributed by atoms with Gasteiger partial charge in [-0.1, -0.05) is 5.92 Å². The van der Waals surface area contributed by atoms with Crippen LogP contribution >= 0.6 is 0 Å². The van der Waals surface area contributed by atoms with E-state index >= 15 is 0 Å². The van der Waals surface area contributed by atoms with E-state index in [1.807, 2.05) is 0 Å². The Morgan fingerprint density at radius 3 is 3.00 bits per heavy atom. The van der Waals surface area contributed by atoms with Crippen molar-refractivity contribution in [3.8, 4) is 11.8 Å². The van der Waals surface area contributed by atoms with Crippen LogP contribution in [0.15, 0.2) is 0 Å². The fourth-order valence-corrected chi connectivity index (χ4v) is 0.181. The number of aldehydes is 1. The van der Waals surface area contributed by atoms with Crippen molar-refractivity contribution >= 4 is 6.29 Å². The first-order chi connectivity index (χ1) is 3.41. The van der Waals surface area contributed by atoms with E-state index in [0.29, 0.717) is 12.8 Å². The molecule has 0 radical (unpaired) electrons. The van der Waals surface area contributed by atoms with Crippen LogP contribution in [-0.4, -0.2) is 19.9 Å². The summed E-state index contributed by atoms with van der Waals surface area (Å²) in [5.74, 6) is 4.81. The Morgan fingerprint density at radius 1 is 1.86 bits per heavy atom. The summed E-state index contributed by atoms with van der Waals surface area (Å²) in [6.07, 6.45) is 0.581. The van der Waals surface area contributed by atoms with E-state index in [-0.39, 0.29) is 0 Å². The zero-order chi connectivity index (χ0) is 5.54. The molecule has 0 amide bonds. The predicted octanol–water partition coefficient (Wildman–Crippen LogP) is -0.592. The Kier molecular flexibility index (Phi) is 4.59. The number of carbonyl (C=O) groups is 1. The molecule has 0 aliphatic heterocycles. The summed E-state index contributed by atoms with van der Waals surface area (Å²) in [6.45, 7) is 0.582. The molecule has 2 heteroatoms. The fourth-order valence-electron chi connectivity index (χ4n) is 0.181. The van der Waals surface area contributed by atoms with Crippen LogP contribution in [0.2, 0.25) is 0 Å². The average Bonchev–Trinajstić information content (AvgIpc) is 1.69. The topological polar surface area (TPSA) is 29.1 Å². The Morgan fingerprint density at radius 2 is 2.57 bits per heavy atom. The highest BCUT2D eigenvalue weighted by Crippen LogP contribution is 1.45. The molecular formula is C5H7NO. The maximum atomic E-state index is 9.48. The summed E-state index contributed by atoms with van der Waals surface area (Å²) in [5.41, 5.74) is 0. The van der Waals surface area contributed by atoms with Gasteiger partial charge in [-0.25, -0.2) is 0 Å². The molecule has 0 rings (SSSR count). The largest absolute Gasteiger partial charge is 0.309 e. The highest BCUT2D eigenvalue weighted by molar-refractivity contribution is 5.72. The van der Waals surface area contributed by atoms with Crippen LogP contribution < -0.4 is 5.32 Å².